The second-order valence-corrected chi connectivity index (χ2v) is 2.74. The van der Waals surface area contributed by atoms with Crippen molar-refractivity contribution in [3.05, 3.63) is 19.6 Å². The number of carboxylic acid groups (broad SMARTS) is 2. The maximum Gasteiger partial charge on any atom is 1.00 e. The maximum absolute atomic E-state index is 10.2. The third-order valence-corrected chi connectivity index (χ3v) is 1.04. The molecule has 0 radical (unpaired) electrons. The molecule has 0 fully saturated rings. The van der Waals surface area contributed by atoms with E-state index in [4.69, 9.17) is 10.2 Å². The largest absolute Gasteiger partial charge is 1.00 e. The van der Waals surface area contributed by atoms with Gasteiger partial charge in [-0.1, -0.05) is 13.5 Å². The molecule has 0 heterocycles. The van der Waals surface area contributed by atoms with E-state index in [-0.39, 0.29) is 48.5 Å². The van der Waals surface area contributed by atoms with Crippen molar-refractivity contribution in [2.24, 2.45) is 0 Å². The van der Waals surface area contributed by atoms with E-state index in [0.717, 1.165) is 6.08 Å². The SMILES string of the molecule is C=CC(=O)OC([CH2-])C.O=C(O)CCC(=O)O.[Na+]. The minimum Gasteiger partial charge on any atom is -0.493 e. The molecule has 0 saturated carbocycles. The van der Waals surface area contributed by atoms with Gasteiger partial charge in [-0.15, -0.1) is 0 Å². The molecule has 0 aliphatic carbocycles. The minimum atomic E-state index is -1.08. The number of hydrogen-bond donors (Lipinski definition) is 2. The van der Waals surface area contributed by atoms with Gasteiger partial charge in [0.05, 0.1) is 12.8 Å². The Morgan fingerprint density at radius 3 is 1.76 bits per heavy atom. The molecule has 0 aromatic carbocycles. The zero-order chi connectivity index (χ0) is 13.1. The van der Waals surface area contributed by atoms with E-state index in [1.807, 2.05) is 0 Å². The van der Waals surface area contributed by atoms with Crippen LogP contribution in [0.4, 0.5) is 0 Å². The van der Waals surface area contributed by atoms with Gasteiger partial charge in [-0.2, -0.15) is 0 Å². The number of carbonyl (C=O) groups excluding carboxylic acids is 1. The van der Waals surface area contributed by atoms with Crippen molar-refractivity contribution in [1.29, 1.82) is 0 Å². The van der Waals surface area contributed by atoms with Gasteiger partial charge in [-0.3, -0.25) is 9.59 Å². The second-order valence-electron chi connectivity index (χ2n) is 2.74. The van der Waals surface area contributed by atoms with Gasteiger partial charge in [0.15, 0.2) is 0 Å². The van der Waals surface area contributed by atoms with E-state index >= 15 is 0 Å². The molecule has 0 bridgehead atoms. The first kappa shape index (κ1) is 21.4. The van der Waals surface area contributed by atoms with Gasteiger partial charge in [-0.05, 0) is 6.10 Å². The fraction of sp³-hybridized carbons (Fsp3) is 0.400. The van der Waals surface area contributed by atoms with Gasteiger partial charge in [0.25, 0.3) is 0 Å². The quantitative estimate of drug-likeness (QED) is 0.252. The number of carbonyl (C=O) groups is 3. The van der Waals surface area contributed by atoms with Crippen LogP contribution >= 0.6 is 0 Å². The standard InChI is InChI=1S/C6H9O2.C4H6O4.Na/c1-4-6(7)8-5(2)3;5-3(6)1-2-4(7)8;/h4-5H,1-2H2,3H3;1-2H2,(H,5,6)(H,7,8);/q-1;;+1. The minimum absolute atomic E-state index is 0. The average Bonchev–Trinajstić information content (AvgIpc) is 2.14. The molecule has 92 valence electrons. The molecule has 7 heteroatoms. The molecule has 0 aliphatic heterocycles. The third-order valence-electron chi connectivity index (χ3n) is 1.04. The molecule has 0 spiro atoms. The van der Waals surface area contributed by atoms with Crippen molar-refractivity contribution in [1.82, 2.24) is 0 Å². The number of carboxylic acids is 2. The van der Waals surface area contributed by atoms with Crippen molar-refractivity contribution in [3.63, 3.8) is 0 Å². The van der Waals surface area contributed by atoms with Crippen molar-refractivity contribution < 1.29 is 58.9 Å². The molecule has 17 heavy (non-hydrogen) atoms. The summed E-state index contributed by atoms with van der Waals surface area (Å²) in [5, 5.41) is 15.8. The number of esters is 1. The Labute approximate surface area is 122 Å². The smallest absolute Gasteiger partial charge is 0.493 e. The van der Waals surface area contributed by atoms with Crippen molar-refractivity contribution in [2.45, 2.75) is 25.9 Å². The van der Waals surface area contributed by atoms with Crippen LogP contribution in [0.25, 0.3) is 0 Å². The summed E-state index contributed by atoms with van der Waals surface area (Å²) >= 11 is 0. The predicted octanol–water partition coefficient (Wildman–Crippen LogP) is -2.12. The van der Waals surface area contributed by atoms with Crippen LogP contribution in [0.5, 0.6) is 0 Å². The molecular formula is C10H15NaO6. The van der Waals surface area contributed by atoms with Crippen LogP contribution in [-0.2, 0) is 19.1 Å². The molecule has 0 aromatic heterocycles. The summed E-state index contributed by atoms with van der Waals surface area (Å²) in [6.45, 7) is 8.33. The Kier molecular flexibility index (Phi) is 16.7. The van der Waals surface area contributed by atoms with Crippen molar-refractivity contribution in [3.8, 4) is 0 Å². The molecule has 0 saturated heterocycles. The Bertz CT molecular complexity index is 248. The average molecular weight is 254 g/mol. The van der Waals surface area contributed by atoms with E-state index in [9.17, 15) is 14.4 Å². The summed E-state index contributed by atoms with van der Waals surface area (Å²) < 4.78 is 4.53. The van der Waals surface area contributed by atoms with Gasteiger partial charge in [0.1, 0.15) is 0 Å². The van der Waals surface area contributed by atoms with Crippen LogP contribution < -0.4 is 29.6 Å². The molecule has 0 amide bonds. The molecule has 2 N–H and O–H groups in total. The number of rotatable bonds is 5. The molecule has 6 nitrogen and oxygen atoms in total. The van der Waals surface area contributed by atoms with Crippen LogP contribution in [0.15, 0.2) is 12.7 Å². The zero-order valence-corrected chi connectivity index (χ0v) is 12.0. The molecule has 0 aromatic rings. The van der Waals surface area contributed by atoms with Gasteiger partial charge in [-0.25, -0.2) is 4.79 Å². The maximum atomic E-state index is 10.2. The summed E-state index contributed by atoms with van der Waals surface area (Å²) in [6, 6.07) is 0. The molecule has 1 atom stereocenters. The van der Waals surface area contributed by atoms with E-state index in [1.54, 1.807) is 6.92 Å². The Morgan fingerprint density at radius 2 is 1.65 bits per heavy atom. The van der Waals surface area contributed by atoms with Gasteiger partial charge in [0, 0.05) is 6.08 Å². The predicted molar refractivity (Wildman–Crippen MR) is 55.6 cm³/mol. The first-order valence-electron chi connectivity index (χ1n) is 4.39. The zero-order valence-electron chi connectivity index (χ0n) is 10.0. The van der Waals surface area contributed by atoms with E-state index in [2.05, 4.69) is 18.2 Å². The number of hydrogen-bond acceptors (Lipinski definition) is 4. The number of ether oxygens (including phenoxy) is 1. The Morgan fingerprint density at radius 1 is 1.29 bits per heavy atom. The normalized spacial score (nSPS) is 9.76. The summed E-state index contributed by atoms with van der Waals surface area (Å²) in [5.41, 5.74) is 0. The monoisotopic (exact) mass is 254 g/mol. The van der Waals surface area contributed by atoms with E-state index in [1.165, 1.54) is 0 Å². The van der Waals surface area contributed by atoms with Crippen LogP contribution in [-0.4, -0.2) is 34.2 Å². The molecule has 1 unspecified atom stereocenters. The van der Waals surface area contributed by atoms with Gasteiger partial charge in [0.2, 0.25) is 0 Å². The van der Waals surface area contributed by atoms with Crippen LogP contribution in [0.2, 0.25) is 0 Å². The molecule has 0 aliphatic rings. The van der Waals surface area contributed by atoms with Crippen molar-refractivity contribution >= 4 is 17.9 Å². The number of aliphatic carboxylic acids is 2. The summed E-state index contributed by atoms with van der Waals surface area (Å²) in [5.74, 6) is -2.58. The van der Waals surface area contributed by atoms with Gasteiger partial charge < -0.3 is 21.9 Å². The Hall–Kier alpha value is -0.850. The fourth-order valence-electron chi connectivity index (χ4n) is 0.460. The topological polar surface area (TPSA) is 101 Å². The summed E-state index contributed by atoms with van der Waals surface area (Å²) in [4.78, 5) is 29.5. The fourth-order valence-corrected chi connectivity index (χ4v) is 0.460. The Balaban J connectivity index is -0.000000218. The molecule has 0 rings (SSSR count). The summed E-state index contributed by atoms with van der Waals surface area (Å²) in [7, 11) is 0. The van der Waals surface area contributed by atoms with Crippen LogP contribution in [0.3, 0.4) is 0 Å². The summed E-state index contributed by atoms with van der Waals surface area (Å²) in [6.07, 6.45) is 0.229. The first-order valence-corrected chi connectivity index (χ1v) is 4.39. The van der Waals surface area contributed by atoms with Crippen LogP contribution in [0, 0.1) is 6.92 Å². The van der Waals surface area contributed by atoms with Crippen molar-refractivity contribution in [2.75, 3.05) is 0 Å². The first-order chi connectivity index (χ1) is 7.29. The third kappa shape index (κ3) is 25.4. The molecular weight excluding hydrogens is 239 g/mol. The van der Waals surface area contributed by atoms with E-state index in [0.29, 0.717) is 0 Å². The van der Waals surface area contributed by atoms with Crippen LogP contribution in [0.1, 0.15) is 19.8 Å². The second kappa shape index (κ2) is 13.2. The van der Waals surface area contributed by atoms with E-state index < -0.39 is 17.9 Å². The van der Waals surface area contributed by atoms with Gasteiger partial charge >= 0.3 is 47.5 Å².